The van der Waals surface area contributed by atoms with E-state index in [0.29, 0.717) is 28.8 Å². The molecule has 1 unspecified atom stereocenters. The van der Waals surface area contributed by atoms with Gasteiger partial charge in [-0.15, -0.1) is 0 Å². The number of likely N-dealkylation sites (tertiary alicyclic amines) is 1. The van der Waals surface area contributed by atoms with Gasteiger partial charge in [0.25, 0.3) is 0 Å². The molecule has 2 aliphatic heterocycles. The number of nitrogens with one attached hydrogen (secondary N) is 1. The lowest BCUT2D eigenvalue weighted by Crippen LogP contribution is -2.43. The molecule has 2 aromatic rings. The monoisotopic (exact) mass is 408 g/mol. The molecule has 0 aliphatic carbocycles. The van der Waals surface area contributed by atoms with Gasteiger partial charge in [0, 0.05) is 17.7 Å². The Kier molecular flexibility index (Phi) is 5.22. The summed E-state index contributed by atoms with van der Waals surface area (Å²) in [7, 11) is 0. The fourth-order valence-electron chi connectivity index (χ4n) is 3.72. The van der Waals surface area contributed by atoms with Crippen LogP contribution in [0.3, 0.4) is 0 Å². The Bertz CT molecular complexity index is 1020. The van der Waals surface area contributed by atoms with E-state index < -0.39 is 24.2 Å². The highest BCUT2D eigenvalue weighted by Crippen LogP contribution is 2.38. The van der Waals surface area contributed by atoms with Crippen LogP contribution in [-0.4, -0.2) is 41.3 Å². The lowest BCUT2D eigenvalue weighted by atomic mass is 10.1. The van der Waals surface area contributed by atoms with Gasteiger partial charge in [-0.3, -0.25) is 14.5 Å². The summed E-state index contributed by atoms with van der Waals surface area (Å²) in [5.41, 5.74) is 1.84. The van der Waals surface area contributed by atoms with Gasteiger partial charge in [-0.1, -0.05) is 18.2 Å². The average Bonchev–Trinajstić information content (AvgIpc) is 3.29. The van der Waals surface area contributed by atoms with E-state index in [0.717, 1.165) is 0 Å². The fraction of sp³-hybridized carbons (Fsp3) is 0.273. The maximum Gasteiger partial charge on any atom is 0.340 e. The Labute approximate surface area is 172 Å². The van der Waals surface area contributed by atoms with E-state index in [1.165, 1.54) is 4.90 Å². The SMILES string of the molecule is CCOC(=O)c1ccc(NC(=O)[C@@H]2CCC(=O)N2C2OC(=O)c3ccccc32)cc1. The predicted molar refractivity (Wildman–Crippen MR) is 105 cm³/mol. The zero-order chi connectivity index (χ0) is 21.3. The normalized spacial score (nSPS) is 20.0. The van der Waals surface area contributed by atoms with Gasteiger partial charge < -0.3 is 14.8 Å². The van der Waals surface area contributed by atoms with Gasteiger partial charge in [0.15, 0.2) is 0 Å². The van der Waals surface area contributed by atoms with Crippen molar-refractivity contribution < 1.29 is 28.7 Å². The second-order valence-electron chi connectivity index (χ2n) is 6.99. The molecule has 0 bridgehead atoms. The summed E-state index contributed by atoms with van der Waals surface area (Å²) in [6, 6.07) is 12.4. The molecule has 0 radical (unpaired) electrons. The number of hydrogen-bond donors (Lipinski definition) is 1. The number of fused-ring (bicyclic) bond motifs is 1. The van der Waals surface area contributed by atoms with Crippen LogP contribution in [-0.2, 0) is 19.1 Å². The van der Waals surface area contributed by atoms with Crippen molar-refractivity contribution in [2.75, 3.05) is 11.9 Å². The van der Waals surface area contributed by atoms with E-state index in [1.54, 1.807) is 55.5 Å². The third-order valence-corrected chi connectivity index (χ3v) is 5.14. The first kappa shape index (κ1) is 19.6. The molecule has 2 heterocycles. The lowest BCUT2D eigenvalue weighted by molar-refractivity contribution is -0.144. The molecule has 1 fully saturated rings. The summed E-state index contributed by atoms with van der Waals surface area (Å²) < 4.78 is 10.4. The molecule has 1 saturated heterocycles. The van der Waals surface area contributed by atoms with Crippen LogP contribution in [0.25, 0.3) is 0 Å². The largest absolute Gasteiger partial charge is 0.462 e. The molecular formula is C22H20N2O6. The number of cyclic esters (lactones) is 1. The van der Waals surface area contributed by atoms with Crippen LogP contribution in [0.15, 0.2) is 48.5 Å². The molecule has 0 spiro atoms. The van der Waals surface area contributed by atoms with Crippen LogP contribution in [0.1, 0.15) is 52.3 Å². The molecule has 30 heavy (non-hydrogen) atoms. The quantitative estimate of drug-likeness (QED) is 0.763. The summed E-state index contributed by atoms with van der Waals surface area (Å²) in [6.07, 6.45) is -0.400. The number of carbonyl (C=O) groups is 4. The fourth-order valence-corrected chi connectivity index (χ4v) is 3.72. The second-order valence-corrected chi connectivity index (χ2v) is 6.99. The van der Waals surface area contributed by atoms with Gasteiger partial charge in [-0.2, -0.15) is 0 Å². The van der Waals surface area contributed by atoms with E-state index >= 15 is 0 Å². The number of ether oxygens (including phenoxy) is 2. The van der Waals surface area contributed by atoms with Gasteiger partial charge in [0.05, 0.1) is 17.7 Å². The molecule has 154 valence electrons. The summed E-state index contributed by atoms with van der Waals surface area (Å²) in [5, 5.41) is 2.77. The van der Waals surface area contributed by atoms with Crippen molar-refractivity contribution >= 4 is 29.4 Å². The first-order valence-corrected chi connectivity index (χ1v) is 9.68. The Morgan fingerprint density at radius 1 is 1.13 bits per heavy atom. The van der Waals surface area contributed by atoms with E-state index in [4.69, 9.17) is 9.47 Å². The van der Waals surface area contributed by atoms with Crippen LogP contribution in [0.4, 0.5) is 5.69 Å². The standard InChI is InChI=1S/C22H20N2O6/c1-2-29-21(27)13-7-9-14(10-8-13)23-19(26)17-11-12-18(25)24(17)20-15-5-3-4-6-16(15)22(28)30-20/h3-10,17,20H,2,11-12H2,1H3,(H,23,26)/t17-,20?/m0/s1. The van der Waals surface area contributed by atoms with Crippen LogP contribution in [0.5, 0.6) is 0 Å². The van der Waals surface area contributed by atoms with Crippen molar-refractivity contribution in [3.63, 3.8) is 0 Å². The van der Waals surface area contributed by atoms with E-state index in [-0.39, 0.29) is 24.8 Å². The first-order valence-electron chi connectivity index (χ1n) is 9.68. The third-order valence-electron chi connectivity index (χ3n) is 5.14. The zero-order valence-corrected chi connectivity index (χ0v) is 16.3. The number of nitrogens with zero attached hydrogens (tertiary/aromatic N) is 1. The van der Waals surface area contributed by atoms with Gasteiger partial charge in [0.1, 0.15) is 6.04 Å². The first-order chi connectivity index (χ1) is 14.5. The van der Waals surface area contributed by atoms with Crippen LogP contribution in [0, 0.1) is 0 Å². The Morgan fingerprint density at radius 3 is 2.60 bits per heavy atom. The summed E-state index contributed by atoms with van der Waals surface area (Å²) in [4.78, 5) is 50.7. The molecule has 4 rings (SSSR count). The van der Waals surface area contributed by atoms with Gasteiger partial charge in [0.2, 0.25) is 18.0 Å². The zero-order valence-electron chi connectivity index (χ0n) is 16.3. The number of esters is 2. The number of carbonyl (C=O) groups excluding carboxylic acids is 4. The highest BCUT2D eigenvalue weighted by atomic mass is 16.6. The Morgan fingerprint density at radius 2 is 1.87 bits per heavy atom. The number of rotatable bonds is 5. The minimum atomic E-state index is -0.911. The van der Waals surface area contributed by atoms with Crippen LogP contribution >= 0.6 is 0 Å². The number of benzene rings is 2. The topological polar surface area (TPSA) is 102 Å². The van der Waals surface area contributed by atoms with Crippen molar-refractivity contribution in [2.24, 2.45) is 0 Å². The maximum atomic E-state index is 12.9. The lowest BCUT2D eigenvalue weighted by Gasteiger charge is -2.29. The van der Waals surface area contributed by atoms with E-state index in [9.17, 15) is 19.2 Å². The van der Waals surface area contributed by atoms with E-state index in [1.807, 2.05) is 0 Å². The van der Waals surface area contributed by atoms with Gasteiger partial charge in [-0.05, 0) is 43.7 Å². The Balaban J connectivity index is 1.51. The molecule has 2 amide bonds. The minimum absolute atomic E-state index is 0.191. The third kappa shape index (κ3) is 3.52. The highest BCUT2D eigenvalue weighted by molar-refractivity contribution is 6.00. The number of anilines is 1. The molecule has 1 N–H and O–H groups in total. The number of hydrogen-bond acceptors (Lipinski definition) is 6. The van der Waals surface area contributed by atoms with Crippen molar-refractivity contribution in [3.05, 3.63) is 65.2 Å². The molecule has 2 aromatic carbocycles. The molecule has 0 aromatic heterocycles. The molecule has 2 aliphatic rings. The minimum Gasteiger partial charge on any atom is -0.462 e. The van der Waals surface area contributed by atoms with E-state index in [2.05, 4.69) is 5.32 Å². The van der Waals surface area contributed by atoms with Crippen molar-refractivity contribution in [3.8, 4) is 0 Å². The molecular weight excluding hydrogens is 388 g/mol. The van der Waals surface area contributed by atoms with Crippen molar-refractivity contribution in [1.29, 1.82) is 0 Å². The Hall–Kier alpha value is -3.68. The molecule has 0 saturated carbocycles. The highest BCUT2D eigenvalue weighted by Gasteiger charge is 2.46. The maximum absolute atomic E-state index is 12.9. The van der Waals surface area contributed by atoms with Gasteiger partial charge in [-0.25, -0.2) is 9.59 Å². The predicted octanol–water partition coefficient (Wildman–Crippen LogP) is 2.66. The summed E-state index contributed by atoms with van der Waals surface area (Å²) in [6.45, 7) is 2.00. The molecule has 2 atom stereocenters. The summed E-state index contributed by atoms with van der Waals surface area (Å²) >= 11 is 0. The van der Waals surface area contributed by atoms with Crippen molar-refractivity contribution in [1.82, 2.24) is 4.90 Å². The average molecular weight is 408 g/mol. The van der Waals surface area contributed by atoms with Gasteiger partial charge >= 0.3 is 11.9 Å². The van der Waals surface area contributed by atoms with Crippen LogP contribution in [0.2, 0.25) is 0 Å². The van der Waals surface area contributed by atoms with Crippen LogP contribution < -0.4 is 5.32 Å². The molecule has 8 nitrogen and oxygen atoms in total. The molecule has 8 heteroatoms. The number of amides is 2. The van der Waals surface area contributed by atoms with Crippen molar-refractivity contribution in [2.45, 2.75) is 32.0 Å². The smallest absolute Gasteiger partial charge is 0.340 e. The second kappa shape index (κ2) is 7.98. The summed E-state index contributed by atoms with van der Waals surface area (Å²) in [5.74, 6) is -1.58.